The fourth-order valence-corrected chi connectivity index (χ4v) is 5.56. The Hall–Kier alpha value is -3.06. The van der Waals surface area contributed by atoms with E-state index in [9.17, 15) is 9.59 Å². The van der Waals surface area contributed by atoms with Crippen LogP contribution in [0.15, 0.2) is 48.5 Å². The molecule has 0 aromatic heterocycles. The van der Waals surface area contributed by atoms with E-state index in [-0.39, 0.29) is 30.7 Å². The molecular formula is C33H47NO6. The van der Waals surface area contributed by atoms with Gasteiger partial charge in [0, 0.05) is 11.5 Å². The molecule has 7 nitrogen and oxygen atoms in total. The van der Waals surface area contributed by atoms with Crippen LogP contribution in [0.2, 0.25) is 0 Å². The summed E-state index contributed by atoms with van der Waals surface area (Å²) in [6.45, 7) is 18.5. The molecule has 1 heterocycles. The number of carbonyl (C=O) groups excluding carboxylic acids is 2. The number of rotatable bonds is 8. The van der Waals surface area contributed by atoms with Crippen LogP contribution in [-0.4, -0.2) is 48.9 Å². The van der Waals surface area contributed by atoms with Crippen LogP contribution < -0.4 is 4.74 Å². The highest BCUT2D eigenvalue weighted by Gasteiger charge is 2.59. The van der Waals surface area contributed by atoms with Gasteiger partial charge < -0.3 is 18.9 Å². The summed E-state index contributed by atoms with van der Waals surface area (Å²) in [4.78, 5) is 28.9. The molecule has 0 N–H and O–H groups in total. The summed E-state index contributed by atoms with van der Waals surface area (Å²) in [6, 6.07) is 14.4. The molecule has 3 rings (SSSR count). The molecule has 1 saturated heterocycles. The molecule has 2 aromatic carbocycles. The Balaban J connectivity index is 2.17. The van der Waals surface area contributed by atoms with Crippen LogP contribution in [0.25, 0.3) is 0 Å². The van der Waals surface area contributed by atoms with Crippen LogP contribution in [0, 0.1) is 11.3 Å². The van der Waals surface area contributed by atoms with Crippen molar-refractivity contribution in [2.45, 2.75) is 98.6 Å². The molecule has 2 aromatic rings. The molecule has 0 spiro atoms. The Morgan fingerprint density at radius 1 is 0.975 bits per heavy atom. The second kappa shape index (κ2) is 12.6. The zero-order valence-electron chi connectivity index (χ0n) is 25.8. The molecule has 0 unspecified atom stereocenters. The Morgan fingerprint density at radius 3 is 2.15 bits per heavy atom. The van der Waals surface area contributed by atoms with E-state index < -0.39 is 35.7 Å². The number of ether oxygens (including phenoxy) is 4. The van der Waals surface area contributed by atoms with E-state index in [2.05, 4.69) is 53.7 Å². The van der Waals surface area contributed by atoms with Gasteiger partial charge in [0.15, 0.2) is 0 Å². The number of methoxy groups -OCH3 is 1. The predicted molar refractivity (Wildman–Crippen MR) is 156 cm³/mol. The fourth-order valence-electron chi connectivity index (χ4n) is 5.56. The Labute approximate surface area is 240 Å². The maximum Gasteiger partial charge on any atom is 0.411 e. The maximum atomic E-state index is 13.7. The number of hydrogen-bond acceptors (Lipinski definition) is 6. The first-order valence-electron chi connectivity index (χ1n) is 14.2. The largest absolute Gasteiger partial charge is 0.496 e. The van der Waals surface area contributed by atoms with Gasteiger partial charge in [-0.15, -0.1) is 0 Å². The van der Waals surface area contributed by atoms with Gasteiger partial charge in [-0.1, -0.05) is 77.9 Å². The average Bonchev–Trinajstić information content (AvgIpc) is 3.23. The van der Waals surface area contributed by atoms with Crippen molar-refractivity contribution in [2.24, 2.45) is 11.3 Å². The van der Waals surface area contributed by atoms with E-state index in [0.29, 0.717) is 0 Å². The molecule has 0 bridgehead atoms. The van der Waals surface area contributed by atoms with E-state index in [1.165, 1.54) is 0 Å². The summed E-state index contributed by atoms with van der Waals surface area (Å²) >= 11 is 0. The quantitative estimate of drug-likeness (QED) is 0.326. The van der Waals surface area contributed by atoms with E-state index in [1.54, 1.807) is 32.8 Å². The number of carbonyl (C=O) groups is 2. The fraction of sp³-hybridized carbons (Fsp3) is 0.576. The van der Waals surface area contributed by atoms with Gasteiger partial charge in [0.05, 0.1) is 38.6 Å². The van der Waals surface area contributed by atoms with Crippen molar-refractivity contribution >= 4 is 12.1 Å². The van der Waals surface area contributed by atoms with Gasteiger partial charge >= 0.3 is 12.1 Å². The molecule has 1 aliphatic heterocycles. The van der Waals surface area contributed by atoms with Crippen molar-refractivity contribution < 1.29 is 28.5 Å². The van der Waals surface area contributed by atoms with Gasteiger partial charge in [0.2, 0.25) is 0 Å². The lowest BCUT2D eigenvalue weighted by atomic mass is 9.73. The Morgan fingerprint density at radius 2 is 1.62 bits per heavy atom. The minimum absolute atomic E-state index is 0.0543. The van der Waals surface area contributed by atoms with Crippen LogP contribution in [0.3, 0.4) is 0 Å². The van der Waals surface area contributed by atoms with Crippen LogP contribution in [0.1, 0.15) is 85.0 Å². The second-order valence-corrected chi connectivity index (χ2v) is 12.8. The number of amides is 1. The molecule has 0 radical (unpaired) electrons. The number of benzene rings is 2. The summed E-state index contributed by atoms with van der Waals surface area (Å²) < 4.78 is 23.8. The van der Waals surface area contributed by atoms with E-state index in [0.717, 1.165) is 22.4 Å². The standard InChI is InChI=1S/C33H47NO6/c1-11-38-30(35)28-26(33(7,8)9)29(39-20-23-19-24(32(4,5)6)17-18-25(23)37-10)27(22-15-13-12-14-16-22)34(28)31(36)40-21(2)3/h12-19,21,26-29H,11,20H2,1-10H3/t26-,27+,28+,29+/m1/s1. The lowest BCUT2D eigenvalue weighted by Gasteiger charge is -2.35. The normalized spacial score (nSPS) is 21.4. The summed E-state index contributed by atoms with van der Waals surface area (Å²) in [5.41, 5.74) is 2.47. The molecule has 1 fully saturated rings. The molecule has 220 valence electrons. The SMILES string of the molecule is CCOC(=O)[C@@H]1[C@@H](C(C)(C)C)[C@H](OCc2cc(C(C)(C)C)ccc2OC)[C@H](c2ccccc2)N1C(=O)OC(C)C. The zero-order chi connectivity index (χ0) is 29.8. The number of nitrogens with zero attached hydrogens (tertiary/aromatic N) is 1. The molecule has 7 heteroatoms. The minimum atomic E-state index is -0.885. The van der Waals surface area contributed by atoms with Gasteiger partial charge in [-0.3, -0.25) is 4.90 Å². The minimum Gasteiger partial charge on any atom is -0.496 e. The summed E-state index contributed by atoms with van der Waals surface area (Å²) in [7, 11) is 1.65. The van der Waals surface area contributed by atoms with Crippen LogP contribution in [0.5, 0.6) is 5.75 Å². The molecular weight excluding hydrogens is 506 g/mol. The zero-order valence-corrected chi connectivity index (χ0v) is 25.8. The van der Waals surface area contributed by atoms with Crippen molar-refractivity contribution in [1.82, 2.24) is 4.90 Å². The number of likely N-dealkylation sites (tertiary alicyclic amines) is 1. The molecule has 1 aliphatic rings. The van der Waals surface area contributed by atoms with Crippen LogP contribution in [-0.2, 0) is 31.0 Å². The van der Waals surface area contributed by atoms with Crippen molar-refractivity contribution in [2.75, 3.05) is 13.7 Å². The smallest absolute Gasteiger partial charge is 0.411 e. The maximum absolute atomic E-state index is 13.7. The van der Waals surface area contributed by atoms with E-state index >= 15 is 0 Å². The van der Waals surface area contributed by atoms with Crippen molar-refractivity contribution in [3.63, 3.8) is 0 Å². The van der Waals surface area contributed by atoms with Crippen LogP contribution in [0.4, 0.5) is 4.79 Å². The summed E-state index contributed by atoms with van der Waals surface area (Å²) in [5, 5.41) is 0. The third-order valence-electron chi connectivity index (χ3n) is 7.40. The highest BCUT2D eigenvalue weighted by molar-refractivity contribution is 5.83. The first-order valence-corrected chi connectivity index (χ1v) is 14.2. The average molecular weight is 554 g/mol. The van der Waals surface area contributed by atoms with E-state index in [1.807, 2.05) is 36.4 Å². The van der Waals surface area contributed by atoms with Gasteiger partial charge in [-0.25, -0.2) is 9.59 Å². The Kier molecular flexibility index (Phi) is 9.94. The predicted octanol–water partition coefficient (Wildman–Crippen LogP) is 7.07. The monoisotopic (exact) mass is 553 g/mol. The third kappa shape index (κ3) is 6.98. The molecule has 4 atom stereocenters. The molecule has 0 aliphatic carbocycles. The van der Waals surface area contributed by atoms with Gasteiger partial charge in [0.25, 0.3) is 0 Å². The second-order valence-electron chi connectivity index (χ2n) is 12.8. The van der Waals surface area contributed by atoms with Crippen molar-refractivity contribution in [3.05, 3.63) is 65.2 Å². The van der Waals surface area contributed by atoms with Crippen LogP contribution >= 0.6 is 0 Å². The first-order chi connectivity index (χ1) is 18.7. The number of hydrogen-bond donors (Lipinski definition) is 0. The van der Waals surface area contributed by atoms with Gasteiger partial charge in [0.1, 0.15) is 11.8 Å². The molecule has 1 amide bonds. The van der Waals surface area contributed by atoms with Gasteiger partial charge in [-0.05, 0) is 54.9 Å². The van der Waals surface area contributed by atoms with E-state index in [4.69, 9.17) is 18.9 Å². The summed E-state index contributed by atoms with van der Waals surface area (Å²) in [5.74, 6) is -0.108. The first kappa shape index (κ1) is 31.5. The van der Waals surface area contributed by atoms with Gasteiger partial charge in [-0.2, -0.15) is 0 Å². The van der Waals surface area contributed by atoms with Crippen molar-refractivity contribution in [1.29, 1.82) is 0 Å². The molecule has 40 heavy (non-hydrogen) atoms. The highest BCUT2D eigenvalue weighted by atomic mass is 16.6. The Bertz CT molecular complexity index is 1150. The molecule has 0 saturated carbocycles. The van der Waals surface area contributed by atoms with Crippen molar-refractivity contribution in [3.8, 4) is 5.75 Å². The third-order valence-corrected chi connectivity index (χ3v) is 7.40. The summed E-state index contributed by atoms with van der Waals surface area (Å²) in [6.07, 6.45) is -1.45. The highest BCUT2D eigenvalue weighted by Crippen LogP contribution is 2.50. The number of esters is 1. The lowest BCUT2D eigenvalue weighted by Crippen LogP contribution is -2.48. The topological polar surface area (TPSA) is 74.3 Å². The lowest BCUT2D eigenvalue weighted by molar-refractivity contribution is -0.151.